The molecule has 0 spiro atoms. The van der Waals surface area contributed by atoms with Crippen molar-refractivity contribution in [1.82, 2.24) is 36.4 Å². The van der Waals surface area contributed by atoms with Crippen LogP contribution in [0, 0.1) is 17.8 Å². The smallest absolute Gasteiger partial charge is 0.246 e. The number of amides is 6. The van der Waals surface area contributed by atoms with Gasteiger partial charge in [-0.3, -0.25) is 28.8 Å². The molecule has 4 aliphatic carbocycles. The van der Waals surface area contributed by atoms with Crippen molar-refractivity contribution in [3.8, 4) is 11.1 Å². The van der Waals surface area contributed by atoms with E-state index in [2.05, 4.69) is 63.0 Å². The summed E-state index contributed by atoms with van der Waals surface area (Å²) >= 11 is 0. The third-order valence-electron chi connectivity index (χ3n) is 16.4. The summed E-state index contributed by atoms with van der Waals surface area (Å²) in [7, 11) is 1.74. The lowest BCUT2D eigenvalue weighted by Crippen LogP contribution is -2.58. The number of carbonyl (C=O) groups excluding carboxylic acids is 6. The van der Waals surface area contributed by atoms with Gasteiger partial charge in [-0.2, -0.15) is 0 Å². The molecule has 6 aliphatic rings. The molecule has 5 N–H and O–H groups in total. The molecule has 358 valence electrons. The largest absolute Gasteiger partial charge is 0.347 e. The topological polar surface area (TPSA) is 169 Å². The van der Waals surface area contributed by atoms with Gasteiger partial charge in [0, 0.05) is 19.0 Å². The number of benzene rings is 2. The van der Waals surface area contributed by atoms with Gasteiger partial charge in [0.15, 0.2) is 0 Å². The van der Waals surface area contributed by atoms with E-state index >= 15 is 0 Å². The fourth-order valence-electron chi connectivity index (χ4n) is 12.2. The molecule has 2 aliphatic heterocycles. The van der Waals surface area contributed by atoms with Crippen LogP contribution in [0.3, 0.4) is 0 Å². The SMILES string of the molecule is CC[C@@H](C)C(=O)N[C@H](C(=O)N1CCC[C@H]1C(=O)N[C@@H]1CCc2c(-c3cccc4c3CC[C@H]4NC(=O)[C@@H]3CCCN3C(=O)[C@@H](NC(=O)[C@H](C)NC)C3CCCCC3)cccc21)C1CCCCC1. The van der Waals surface area contributed by atoms with Crippen molar-refractivity contribution >= 4 is 35.4 Å². The maximum Gasteiger partial charge on any atom is 0.246 e. The van der Waals surface area contributed by atoms with Crippen molar-refractivity contribution in [3.63, 3.8) is 0 Å². The van der Waals surface area contributed by atoms with Gasteiger partial charge in [0.1, 0.15) is 24.2 Å². The second-order valence-electron chi connectivity index (χ2n) is 20.4. The number of hydrogen-bond donors (Lipinski definition) is 5. The van der Waals surface area contributed by atoms with Crippen LogP contribution in [0.15, 0.2) is 36.4 Å². The zero-order valence-corrected chi connectivity index (χ0v) is 39.9. The Morgan fingerprint density at radius 1 is 0.576 bits per heavy atom. The highest BCUT2D eigenvalue weighted by Gasteiger charge is 2.44. The zero-order valence-electron chi connectivity index (χ0n) is 39.9. The molecule has 2 aromatic carbocycles. The Kier molecular flexibility index (Phi) is 15.5. The van der Waals surface area contributed by atoms with Gasteiger partial charge in [-0.1, -0.05) is 88.8 Å². The van der Waals surface area contributed by atoms with Crippen LogP contribution in [0.2, 0.25) is 0 Å². The van der Waals surface area contributed by atoms with Crippen LogP contribution in [0.1, 0.15) is 164 Å². The first kappa shape index (κ1) is 47.7. The number of carbonyl (C=O) groups is 6. The van der Waals surface area contributed by atoms with E-state index in [0.717, 1.165) is 125 Å². The molecule has 6 amide bonds. The number of fused-ring (bicyclic) bond motifs is 2. The minimum Gasteiger partial charge on any atom is -0.347 e. The van der Waals surface area contributed by atoms with Crippen LogP contribution in [0.4, 0.5) is 0 Å². The summed E-state index contributed by atoms with van der Waals surface area (Å²) in [6, 6.07) is 9.52. The van der Waals surface area contributed by atoms with E-state index in [9.17, 15) is 28.8 Å². The fraction of sp³-hybridized carbons (Fsp3) is 0.660. The van der Waals surface area contributed by atoms with Crippen LogP contribution < -0.4 is 26.6 Å². The molecule has 0 aromatic heterocycles. The zero-order chi connectivity index (χ0) is 46.5. The van der Waals surface area contributed by atoms with Gasteiger partial charge < -0.3 is 36.4 Å². The molecule has 2 heterocycles. The van der Waals surface area contributed by atoms with Gasteiger partial charge >= 0.3 is 0 Å². The summed E-state index contributed by atoms with van der Waals surface area (Å²) in [6.45, 7) is 6.69. The van der Waals surface area contributed by atoms with Crippen LogP contribution >= 0.6 is 0 Å². The van der Waals surface area contributed by atoms with Gasteiger partial charge in [0.2, 0.25) is 35.4 Å². The molecular weight excluding hydrogens is 831 g/mol. The standard InChI is InChI=1S/C53H75N7O6/c1-5-32(2)48(61)57-46(34-16-8-6-9-17-34)52(65)59-30-14-24-44(59)50(63)55-42-28-26-38-36(20-12-22-40(38)42)37-21-13-23-41-39(37)27-29-43(41)56-51(64)45-25-15-31-60(45)53(66)47(35-18-10-7-11-19-35)58-49(62)33(3)54-4/h12-13,20-23,32-35,42-47,54H,5-11,14-19,24-31H2,1-4H3,(H,55,63)(H,56,64)(H,57,61)(H,58,62)/t32-,33+,42-,43-,44+,45+,46+,47+/m1/s1. The van der Waals surface area contributed by atoms with Crippen LogP contribution in [-0.2, 0) is 41.6 Å². The molecular formula is C53H75N7O6. The second-order valence-corrected chi connectivity index (χ2v) is 20.4. The van der Waals surface area contributed by atoms with Gasteiger partial charge in [-0.25, -0.2) is 0 Å². The lowest BCUT2D eigenvalue weighted by atomic mass is 9.83. The Morgan fingerprint density at radius 3 is 1.44 bits per heavy atom. The van der Waals surface area contributed by atoms with Gasteiger partial charge in [-0.15, -0.1) is 0 Å². The molecule has 2 saturated carbocycles. The average molecular weight is 906 g/mol. The summed E-state index contributed by atoms with van der Waals surface area (Å²) in [5.41, 5.74) is 6.94. The van der Waals surface area contributed by atoms with Crippen molar-refractivity contribution in [1.29, 1.82) is 0 Å². The third kappa shape index (κ3) is 10.1. The van der Waals surface area contributed by atoms with Crippen molar-refractivity contribution < 1.29 is 28.8 Å². The molecule has 2 saturated heterocycles. The normalized spacial score (nSPS) is 25.0. The Labute approximate surface area is 392 Å². The van der Waals surface area contributed by atoms with Gasteiger partial charge in [0.05, 0.1) is 18.1 Å². The van der Waals surface area contributed by atoms with Crippen molar-refractivity contribution in [2.75, 3.05) is 20.1 Å². The molecule has 0 bridgehead atoms. The average Bonchev–Trinajstić information content (AvgIpc) is 4.19. The highest BCUT2D eigenvalue weighted by Crippen LogP contribution is 2.43. The molecule has 13 nitrogen and oxygen atoms in total. The van der Waals surface area contributed by atoms with Crippen LogP contribution in [0.5, 0.6) is 0 Å². The van der Waals surface area contributed by atoms with E-state index in [1.807, 2.05) is 13.8 Å². The first-order valence-corrected chi connectivity index (χ1v) is 25.7. The molecule has 2 aromatic rings. The molecule has 66 heavy (non-hydrogen) atoms. The molecule has 0 unspecified atom stereocenters. The highest BCUT2D eigenvalue weighted by atomic mass is 16.2. The number of nitrogens with zero attached hydrogens (tertiary/aromatic N) is 2. The molecule has 13 heteroatoms. The van der Waals surface area contributed by atoms with E-state index in [-0.39, 0.29) is 65.3 Å². The highest BCUT2D eigenvalue weighted by molar-refractivity contribution is 5.95. The van der Waals surface area contributed by atoms with E-state index in [1.165, 1.54) is 11.1 Å². The Bertz CT molecular complexity index is 1970. The number of likely N-dealkylation sites (tertiary alicyclic amines) is 2. The van der Waals surface area contributed by atoms with Crippen LogP contribution in [-0.4, -0.2) is 95.6 Å². The van der Waals surface area contributed by atoms with E-state index < -0.39 is 30.2 Å². The molecule has 0 radical (unpaired) electrons. The minimum absolute atomic E-state index is 0.0581. The molecule has 4 fully saturated rings. The van der Waals surface area contributed by atoms with Gasteiger partial charge in [-0.05, 0) is 143 Å². The first-order chi connectivity index (χ1) is 32.0. The van der Waals surface area contributed by atoms with Crippen molar-refractivity contribution in [2.24, 2.45) is 17.8 Å². The number of likely N-dealkylation sites (N-methyl/N-ethyl adjacent to an activating group) is 1. The predicted molar refractivity (Wildman–Crippen MR) is 255 cm³/mol. The quantitative estimate of drug-likeness (QED) is 0.139. The lowest BCUT2D eigenvalue weighted by molar-refractivity contribution is -0.143. The van der Waals surface area contributed by atoms with E-state index in [4.69, 9.17) is 0 Å². The molecule has 8 rings (SSSR count). The predicted octanol–water partition coefficient (Wildman–Crippen LogP) is 6.33. The summed E-state index contributed by atoms with van der Waals surface area (Å²) in [6.07, 6.45) is 16.6. The Hall–Kier alpha value is -4.78. The molecule has 8 atom stereocenters. The number of hydrogen-bond acceptors (Lipinski definition) is 7. The summed E-state index contributed by atoms with van der Waals surface area (Å²) in [5, 5.41) is 15.9. The number of rotatable bonds is 15. The van der Waals surface area contributed by atoms with Crippen LogP contribution in [0.25, 0.3) is 11.1 Å². The number of nitrogens with one attached hydrogen (secondary N) is 5. The maximum atomic E-state index is 14.3. The summed E-state index contributed by atoms with van der Waals surface area (Å²) < 4.78 is 0. The third-order valence-corrected chi connectivity index (χ3v) is 16.4. The lowest BCUT2D eigenvalue weighted by Gasteiger charge is -2.35. The maximum absolute atomic E-state index is 14.3. The van der Waals surface area contributed by atoms with E-state index in [0.29, 0.717) is 32.4 Å². The summed E-state index contributed by atoms with van der Waals surface area (Å²) in [4.78, 5) is 86.8. The second kappa shape index (κ2) is 21.5. The Morgan fingerprint density at radius 2 is 1.02 bits per heavy atom. The van der Waals surface area contributed by atoms with Crippen molar-refractivity contribution in [2.45, 2.75) is 185 Å². The monoisotopic (exact) mass is 906 g/mol. The minimum atomic E-state index is -0.641. The van der Waals surface area contributed by atoms with Crippen molar-refractivity contribution in [3.05, 3.63) is 58.7 Å². The first-order valence-electron chi connectivity index (χ1n) is 25.7. The van der Waals surface area contributed by atoms with E-state index in [1.54, 1.807) is 23.8 Å². The fourth-order valence-corrected chi connectivity index (χ4v) is 12.2. The van der Waals surface area contributed by atoms with Gasteiger partial charge in [0.25, 0.3) is 0 Å². The Balaban J connectivity index is 0.941. The summed E-state index contributed by atoms with van der Waals surface area (Å²) in [5.74, 6) is -0.842.